The van der Waals surface area contributed by atoms with Crippen molar-refractivity contribution in [2.24, 2.45) is 7.05 Å². The van der Waals surface area contributed by atoms with Crippen LogP contribution in [0.1, 0.15) is 52.7 Å². The first-order chi connectivity index (χ1) is 14.2. The lowest BCUT2D eigenvalue weighted by molar-refractivity contribution is -0.659. The first-order valence-electron chi connectivity index (χ1n) is 11.1. The van der Waals surface area contributed by atoms with Crippen molar-refractivity contribution < 1.29 is 4.57 Å². The molecule has 2 nitrogen and oxygen atoms in total. The molecular weight excluding hydrogens is 392 g/mol. The molecule has 31 heavy (non-hydrogen) atoms. The van der Waals surface area contributed by atoms with Crippen molar-refractivity contribution in [2.75, 3.05) is 0 Å². The Kier molecular flexibility index (Phi) is 5.70. The molecule has 1 heterocycles. The summed E-state index contributed by atoms with van der Waals surface area (Å²) in [6.45, 7) is 28.8. The molecule has 0 amide bonds. The Morgan fingerprint density at radius 2 is 1.52 bits per heavy atom. The SMILES string of the molecule is [C-]#[N+]c1cc(C)c(C)c(-c2c3ccc([Si](C)(C(C)(C)C)C(C)(C)C)cc3cc[n+]2C)c1. The predicted octanol–water partition coefficient (Wildman–Crippen LogP) is 7.38. The molecule has 0 saturated heterocycles. The molecule has 3 aromatic rings. The van der Waals surface area contributed by atoms with E-state index in [0.717, 1.165) is 11.1 Å². The summed E-state index contributed by atoms with van der Waals surface area (Å²) >= 11 is 0. The van der Waals surface area contributed by atoms with Crippen LogP contribution in [0.25, 0.3) is 26.9 Å². The number of aromatic nitrogens is 1. The summed E-state index contributed by atoms with van der Waals surface area (Å²) in [5, 5.41) is 4.54. The first-order valence-corrected chi connectivity index (χ1v) is 13.6. The van der Waals surface area contributed by atoms with Crippen LogP contribution >= 0.6 is 0 Å². The molecule has 3 rings (SSSR count). The summed E-state index contributed by atoms with van der Waals surface area (Å²) in [6.07, 6.45) is 2.16. The molecule has 0 unspecified atom stereocenters. The topological polar surface area (TPSA) is 8.24 Å². The monoisotopic (exact) mass is 429 g/mol. The zero-order chi connectivity index (χ0) is 23.4. The molecular formula is C28H37N2Si+. The van der Waals surface area contributed by atoms with Gasteiger partial charge in [0.1, 0.15) is 7.05 Å². The number of rotatable bonds is 2. The van der Waals surface area contributed by atoms with Gasteiger partial charge in [-0.25, -0.2) is 9.41 Å². The van der Waals surface area contributed by atoms with Crippen molar-refractivity contribution in [3.63, 3.8) is 0 Å². The minimum Gasteiger partial charge on any atom is -0.238 e. The van der Waals surface area contributed by atoms with E-state index in [1.165, 1.54) is 27.2 Å². The van der Waals surface area contributed by atoms with E-state index < -0.39 is 8.07 Å². The fraction of sp³-hybridized carbons (Fsp3) is 0.429. The quantitative estimate of drug-likeness (QED) is 0.228. The van der Waals surface area contributed by atoms with Gasteiger partial charge in [-0.2, -0.15) is 0 Å². The van der Waals surface area contributed by atoms with Crippen LogP contribution in [-0.4, -0.2) is 8.07 Å². The van der Waals surface area contributed by atoms with Gasteiger partial charge in [-0.3, -0.25) is 0 Å². The van der Waals surface area contributed by atoms with E-state index in [2.05, 4.69) is 109 Å². The number of aryl methyl sites for hydroxylation is 2. The Hall–Kier alpha value is -2.44. The lowest BCUT2D eigenvalue weighted by Gasteiger charge is -2.50. The van der Waals surface area contributed by atoms with Crippen molar-refractivity contribution in [1.82, 2.24) is 0 Å². The van der Waals surface area contributed by atoms with Gasteiger partial charge >= 0.3 is 0 Å². The summed E-state index contributed by atoms with van der Waals surface area (Å²) in [5.74, 6) is 0. The van der Waals surface area contributed by atoms with Crippen LogP contribution in [0.4, 0.5) is 5.69 Å². The van der Waals surface area contributed by atoms with Gasteiger partial charge in [0.2, 0.25) is 5.69 Å². The van der Waals surface area contributed by atoms with Gasteiger partial charge in [0.05, 0.1) is 20.0 Å². The average Bonchev–Trinajstić information content (AvgIpc) is 2.67. The van der Waals surface area contributed by atoms with E-state index in [1.807, 2.05) is 12.1 Å². The van der Waals surface area contributed by atoms with E-state index in [9.17, 15) is 0 Å². The van der Waals surface area contributed by atoms with Crippen LogP contribution in [0, 0.1) is 20.4 Å². The van der Waals surface area contributed by atoms with Gasteiger partial charge in [-0.15, -0.1) is 0 Å². The molecule has 0 N–H and O–H groups in total. The van der Waals surface area contributed by atoms with Crippen molar-refractivity contribution in [3.05, 3.63) is 65.1 Å². The number of benzene rings is 2. The fourth-order valence-corrected chi connectivity index (χ4v) is 10.0. The number of pyridine rings is 1. The van der Waals surface area contributed by atoms with E-state index >= 15 is 0 Å². The molecule has 0 spiro atoms. The Balaban J connectivity index is 2.35. The van der Waals surface area contributed by atoms with E-state index in [-0.39, 0.29) is 10.1 Å². The predicted molar refractivity (Wildman–Crippen MR) is 137 cm³/mol. The second-order valence-electron chi connectivity index (χ2n) is 11.2. The van der Waals surface area contributed by atoms with Crippen molar-refractivity contribution in [3.8, 4) is 11.3 Å². The van der Waals surface area contributed by atoms with Crippen LogP contribution < -0.4 is 9.75 Å². The molecule has 3 heteroatoms. The molecule has 0 fully saturated rings. The van der Waals surface area contributed by atoms with Crippen LogP contribution in [0.3, 0.4) is 0 Å². The number of hydrogen-bond donors (Lipinski definition) is 0. The third kappa shape index (κ3) is 3.72. The zero-order valence-electron chi connectivity index (χ0n) is 20.9. The maximum absolute atomic E-state index is 7.52. The van der Waals surface area contributed by atoms with Gasteiger partial charge in [0, 0.05) is 11.6 Å². The molecule has 0 radical (unpaired) electrons. The molecule has 0 aliphatic carbocycles. The van der Waals surface area contributed by atoms with Gasteiger partial charge in [-0.1, -0.05) is 77.0 Å². The molecule has 162 valence electrons. The summed E-state index contributed by atoms with van der Waals surface area (Å²) in [5.41, 5.74) is 5.44. The Labute approximate surface area is 189 Å². The summed E-state index contributed by atoms with van der Waals surface area (Å²) < 4.78 is 2.20. The third-order valence-corrected chi connectivity index (χ3v) is 15.2. The van der Waals surface area contributed by atoms with Crippen molar-refractivity contribution in [2.45, 2.75) is 72.0 Å². The molecule has 0 bridgehead atoms. The zero-order valence-corrected chi connectivity index (χ0v) is 21.9. The van der Waals surface area contributed by atoms with Gasteiger partial charge in [0.25, 0.3) is 0 Å². The van der Waals surface area contributed by atoms with Gasteiger partial charge in [0.15, 0.2) is 11.9 Å². The lowest BCUT2D eigenvalue weighted by Crippen LogP contribution is -2.58. The van der Waals surface area contributed by atoms with Crippen molar-refractivity contribution >= 4 is 29.7 Å². The maximum Gasteiger partial charge on any atom is 0.219 e. The summed E-state index contributed by atoms with van der Waals surface area (Å²) in [6, 6.07) is 13.4. The summed E-state index contributed by atoms with van der Waals surface area (Å²) in [7, 11) is 0.265. The Bertz CT molecular complexity index is 1190. The smallest absolute Gasteiger partial charge is 0.219 e. The highest BCUT2D eigenvalue weighted by molar-refractivity contribution is 6.95. The third-order valence-electron chi connectivity index (χ3n) is 7.75. The second-order valence-corrected chi connectivity index (χ2v) is 17.1. The van der Waals surface area contributed by atoms with Crippen molar-refractivity contribution in [1.29, 1.82) is 0 Å². The Morgan fingerprint density at radius 3 is 2.06 bits per heavy atom. The standard InChI is InChI=1S/C28H37N2Si/c1-19-16-22(29-9)18-25(20(19)2)26-24-13-12-23(17-21(24)14-15-30(26)10)31(11,27(3,4)5)28(6,7)8/h12-18H,1-8,10-11H3/q+1. The molecule has 0 aliphatic rings. The minimum atomic E-state index is -1.84. The van der Waals surface area contributed by atoms with Crippen LogP contribution in [0.2, 0.25) is 16.6 Å². The molecule has 2 aromatic carbocycles. The highest BCUT2D eigenvalue weighted by Crippen LogP contribution is 2.50. The van der Waals surface area contributed by atoms with Crippen LogP contribution in [0.5, 0.6) is 0 Å². The van der Waals surface area contributed by atoms with E-state index in [4.69, 9.17) is 6.57 Å². The Morgan fingerprint density at radius 1 is 0.903 bits per heavy atom. The van der Waals surface area contributed by atoms with Gasteiger partial charge < -0.3 is 0 Å². The molecule has 0 aliphatic heterocycles. The molecule has 1 aromatic heterocycles. The highest BCUT2D eigenvalue weighted by Gasteiger charge is 2.50. The fourth-order valence-electron chi connectivity index (χ4n) is 5.16. The molecule has 0 atom stereocenters. The second kappa shape index (κ2) is 7.60. The minimum absolute atomic E-state index is 0.249. The largest absolute Gasteiger partial charge is 0.238 e. The lowest BCUT2D eigenvalue weighted by atomic mass is 9.96. The van der Waals surface area contributed by atoms with E-state index in [0.29, 0.717) is 5.69 Å². The van der Waals surface area contributed by atoms with E-state index in [1.54, 1.807) is 0 Å². The van der Waals surface area contributed by atoms with Crippen LogP contribution in [0.15, 0.2) is 42.6 Å². The van der Waals surface area contributed by atoms with Crippen LogP contribution in [-0.2, 0) is 7.05 Å². The normalized spacial score (nSPS) is 12.8. The number of hydrogen-bond acceptors (Lipinski definition) is 0. The highest BCUT2D eigenvalue weighted by atomic mass is 28.3. The molecule has 0 saturated carbocycles. The number of fused-ring (bicyclic) bond motifs is 1. The summed E-state index contributed by atoms with van der Waals surface area (Å²) in [4.78, 5) is 3.72. The van der Waals surface area contributed by atoms with Gasteiger partial charge in [-0.05, 0) is 47.0 Å². The average molecular weight is 430 g/mol. The number of nitrogens with zero attached hydrogens (tertiary/aromatic N) is 2. The first kappa shape index (κ1) is 23.2. The maximum atomic E-state index is 7.52.